The van der Waals surface area contributed by atoms with Gasteiger partial charge in [-0.3, -0.25) is 9.59 Å². The van der Waals surface area contributed by atoms with Crippen LogP contribution in [-0.4, -0.2) is 25.0 Å². The first kappa shape index (κ1) is 18.3. The molecule has 1 aliphatic heterocycles. The van der Waals surface area contributed by atoms with E-state index in [1.54, 1.807) is 17.0 Å². The number of carbonyl (C=O) groups is 2. The molecule has 136 valence electrons. The van der Waals surface area contributed by atoms with Crippen molar-refractivity contribution in [3.63, 3.8) is 0 Å². The van der Waals surface area contributed by atoms with Gasteiger partial charge in [0.15, 0.2) is 0 Å². The summed E-state index contributed by atoms with van der Waals surface area (Å²) in [6.45, 7) is 4.41. The van der Waals surface area contributed by atoms with E-state index in [0.29, 0.717) is 24.6 Å². The molecule has 26 heavy (non-hydrogen) atoms. The van der Waals surface area contributed by atoms with Gasteiger partial charge in [-0.15, -0.1) is 0 Å². The van der Waals surface area contributed by atoms with E-state index < -0.39 is 6.04 Å². The van der Waals surface area contributed by atoms with E-state index in [0.717, 1.165) is 22.6 Å². The zero-order valence-corrected chi connectivity index (χ0v) is 15.5. The second kappa shape index (κ2) is 7.79. The summed E-state index contributed by atoms with van der Waals surface area (Å²) in [5.41, 5.74) is 2.76. The van der Waals surface area contributed by atoms with Gasteiger partial charge < -0.3 is 15.0 Å². The number of amides is 2. The summed E-state index contributed by atoms with van der Waals surface area (Å²) in [6.07, 6.45) is 0.676. The summed E-state index contributed by atoms with van der Waals surface area (Å²) in [5, 5.41) is 3.42. The molecule has 1 atom stereocenters. The van der Waals surface area contributed by atoms with E-state index in [-0.39, 0.29) is 11.8 Å². The highest BCUT2D eigenvalue weighted by Gasteiger charge is 2.38. The van der Waals surface area contributed by atoms with Gasteiger partial charge in [0.05, 0.1) is 12.3 Å². The van der Waals surface area contributed by atoms with Gasteiger partial charge >= 0.3 is 0 Å². The van der Waals surface area contributed by atoms with Crippen molar-refractivity contribution in [2.24, 2.45) is 0 Å². The number of hydrogen-bond donors (Lipinski definition) is 1. The standard InChI is InChI=1S/C20H21ClN2O3/c1-13-5-3-6-17-18(22-14(2)24)20(25)23(19(13)17)11-4-12-26-16-9-7-15(21)8-10-16/h3,5-10,18H,4,11-12H2,1-2H3,(H,22,24). The van der Waals surface area contributed by atoms with Gasteiger partial charge in [0, 0.05) is 24.1 Å². The minimum atomic E-state index is -0.611. The van der Waals surface area contributed by atoms with Crippen LogP contribution in [0.3, 0.4) is 0 Å². The Morgan fingerprint density at radius 1 is 1.23 bits per heavy atom. The number of carbonyl (C=O) groups excluding carboxylic acids is 2. The molecule has 6 heteroatoms. The second-order valence-electron chi connectivity index (χ2n) is 6.29. The van der Waals surface area contributed by atoms with Crippen LogP contribution in [0.2, 0.25) is 5.02 Å². The van der Waals surface area contributed by atoms with Crippen molar-refractivity contribution in [1.29, 1.82) is 0 Å². The summed E-state index contributed by atoms with van der Waals surface area (Å²) >= 11 is 5.86. The smallest absolute Gasteiger partial charge is 0.254 e. The van der Waals surface area contributed by atoms with Crippen molar-refractivity contribution in [1.82, 2.24) is 5.32 Å². The molecule has 0 radical (unpaired) electrons. The molecule has 5 nitrogen and oxygen atoms in total. The molecule has 2 aromatic rings. The average molecular weight is 373 g/mol. The SMILES string of the molecule is CC(=O)NC1C(=O)N(CCCOc2ccc(Cl)cc2)c2c(C)cccc21. The highest BCUT2D eigenvalue weighted by Crippen LogP contribution is 2.38. The van der Waals surface area contributed by atoms with Crippen LogP contribution >= 0.6 is 11.6 Å². The van der Waals surface area contributed by atoms with Gasteiger partial charge in [0.1, 0.15) is 11.8 Å². The number of halogens is 1. The molecule has 3 rings (SSSR count). The molecule has 1 heterocycles. The van der Waals surface area contributed by atoms with Crippen molar-refractivity contribution in [2.75, 3.05) is 18.1 Å². The predicted octanol–water partition coefficient (Wildman–Crippen LogP) is 3.64. The Balaban J connectivity index is 1.66. The lowest BCUT2D eigenvalue weighted by molar-refractivity contribution is -0.126. The first-order valence-corrected chi connectivity index (χ1v) is 8.91. The second-order valence-corrected chi connectivity index (χ2v) is 6.73. The normalized spacial score (nSPS) is 15.7. The summed E-state index contributed by atoms with van der Waals surface area (Å²) < 4.78 is 5.70. The van der Waals surface area contributed by atoms with Crippen molar-refractivity contribution in [2.45, 2.75) is 26.3 Å². The predicted molar refractivity (Wildman–Crippen MR) is 102 cm³/mol. The first-order valence-electron chi connectivity index (χ1n) is 8.53. The fourth-order valence-corrected chi connectivity index (χ4v) is 3.32. The van der Waals surface area contributed by atoms with E-state index in [9.17, 15) is 9.59 Å². The van der Waals surface area contributed by atoms with Crippen LogP contribution in [-0.2, 0) is 9.59 Å². The summed E-state index contributed by atoms with van der Waals surface area (Å²) in [6, 6.07) is 12.3. The van der Waals surface area contributed by atoms with Crippen LogP contribution in [0.15, 0.2) is 42.5 Å². The highest BCUT2D eigenvalue weighted by molar-refractivity contribution is 6.30. The van der Waals surface area contributed by atoms with E-state index in [4.69, 9.17) is 16.3 Å². The topological polar surface area (TPSA) is 58.6 Å². The minimum absolute atomic E-state index is 0.101. The number of ether oxygens (including phenoxy) is 1. The quantitative estimate of drug-likeness (QED) is 0.787. The minimum Gasteiger partial charge on any atom is -0.494 e. The number of aryl methyl sites for hydroxylation is 1. The zero-order valence-electron chi connectivity index (χ0n) is 14.8. The van der Waals surface area contributed by atoms with E-state index in [1.807, 2.05) is 37.3 Å². The average Bonchev–Trinajstić information content (AvgIpc) is 2.86. The van der Waals surface area contributed by atoms with Crippen LogP contribution in [0, 0.1) is 6.92 Å². The third-order valence-corrected chi connectivity index (χ3v) is 4.57. The number of hydrogen-bond acceptors (Lipinski definition) is 3. The summed E-state index contributed by atoms with van der Waals surface area (Å²) in [5.74, 6) is 0.426. The third-order valence-electron chi connectivity index (χ3n) is 4.32. The maximum absolute atomic E-state index is 12.8. The number of para-hydroxylation sites is 1. The van der Waals surface area contributed by atoms with Gasteiger partial charge in [-0.2, -0.15) is 0 Å². The van der Waals surface area contributed by atoms with Crippen LogP contribution in [0.1, 0.15) is 30.5 Å². The van der Waals surface area contributed by atoms with Crippen molar-refractivity contribution in [3.8, 4) is 5.75 Å². The summed E-state index contributed by atoms with van der Waals surface area (Å²) in [4.78, 5) is 26.0. The lowest BCUT2D eigenvalue weighted by Gasteiger charge is -2.19. The molecule has 2 aromatic carbocycles. The summed E-state index contributed by atoms with van der Waals surface area (Å²) in [7, 11) is 0. The molecule has 0 bridgehead atoms. The van der Waals surface area contributed by atoms with Crippen molar-refractivity contribution >= 4 is 29.1 Å². The number of rotatable bonds is 6. The van der Waals surface area contributed by atoms with Gasteiger partial charge in [0.25, 0.3) is 5.91 Å². The molecule has 1 unspecified atom stereocenters. The number of benzene rings is 2. The van der Waals surface area contributed by atoms with E-state index in [2.05, 4.69) is 5.32 Å². The van der Waals surface area contributed by atoms with Crippen LogP contribution in [0.25, 0.3) is 0 Å². The number of anilines is 1. The molecule has 1 N–H and O–H groups in total. The van der Waals surface area contributed by atoms with Gasteiger partial charge in [-0.1, -0.05) is 29.8 Å². The van der Waals surface area contributed by atoms with Crippen LogP contribution < -0.4 is 15.0 Å². The lowest BCUT2D eigenvalue weighted by atomic mass is 10.1. The highest BCUT2D eigenvalue weighted by atomic mass is 35.5. The van der Waals surface area contributed by atoms with Gasteiger partial charge in [-0.05, 0) is 43.2 Å². The Morgan fingerprint density at radius 3 is 2.65 bits per heavy atom. The molecule has 1 aliphatic rings. The lowest BCUT2D eigenvalue weighted by Crippen LogP contribution is -2.37. The zero-order chi connectivity index (χ0) is 18.7. The molecule has 0 aliphatic carbocycles. The molecule has 0 saturated heterocycles. The molecule has 0 aromatic heterocycles. The molecule has 0 saturated carbocycles. The van der Waals surface area contributed by atoms with Crippen LogP contribution in [0.4, 0.5) is 5.69 Å². The maximum atomic E-state index is 12.8. The number of fused-ring (bicyclic) bond motifs is 1. The van der Waals surface area contributed by atoms with Crippen molar-refractivity contribution in [3.05, 3.63) is 58.6 Å². The van der Waals surface area contributed by atoms with Crippen molar-refractivity contribution < 1.29 is 14.3 Å². The fraction of sp³-hybridized carbons (Fsp3) is 0.300. The van der Waals surface area contributed by atoms with Gasteiger partial charge in [0.2, 0.25) is 5.91 Å². The molecule has 0 fully saturated rings. The van der Waals surface area contributed by atoms with E-state index in [1.165, 1.54) is 6.92 Å². The Labute approximate surface area is 157 Å². The molecule has 2 amide bonds. The molecular weight excluding hydrogens is 352 g/mol. The van der Waals surface area contributed by atoms with E-state index >= 15 is 0 Å². The first-order chi connectivity index (χ1) is 12.5. The molecular formula is C20H21ClN2O3. The molecule has 0 spiro atoms. The maximum Gasteiger partial charge on any atom is 0.254 e. The number of nitrogens with one attached hydrogen (secondary N) is 1. The Bertz CT molecular complexity index is 820. The Hall–Kier alpha value is -2.53. The largest absolute Gasteiger partial charge is 0.494 e. The Morgan fingerprint density at radius 2 is 1.96 bits per heavy atom. The Kier molecular flexibility index (Phi) is 5.47. The fourth-order valence-electron chi connectivity index (χ4n) is 3.19. The number of nitrogens with zero attached hydrogens (tertiary/aromatic N) is 1. The van der Waals surface area contributed by atoms with Crippen LogP contribution in [0.5, 0.6) is 5.75 Å². The monoisotopic (exact) mass is 372 g/mol. The van der Waals surface area contributed by atoms with Gasteiger partial charge in [-0.25, -0.2) is 0 Å². The third kappa shape index (κ3) is 3.83.